The molecule has 34 heavy (non-hydrogen) atoms. The molecule has 9 atom stereocenters. The zero-order chi connectivity index (χ0) is 24.9. The van der Waals surface area contributed by atoms with Gasteiger partial charge < -0.3 is 49.6 Å². The van der Waals surface area contributed by atoms with Crippen LogP contribution in [0.2, 0.25) is 0 Å². The van der Waals surface area contributed by atoms with Gasteiger partial charge in [0.1, 0.15) is 36.6 Å². The van der Waals surface area contributed by atoms with Crippen molar-refractivity contribution >= 4 is 0 Å². The van der Waals surface area contributed by atoms with Gasteiger partial charge in [0.2, 0.25) is 0 Å². The van der Waals surface area contributed by atoms with E-state index in [1.54, 1.807) is 0 Å². The predicted octanol–water partition coefficient (Wildman–Crippen LogP) is 0.577. The van der Waals surface area contributed by atoms with Crippen molar-refractivity contribution in [2.75, 3.05) is 19.8 Å². The molecule has 10 nitrogen and oxygen atoms in total. The first-order chi connectivity index (χ1) is 16.4. The van der Waals surface area contributed by atoms with E-state index in [0.717, 1.165) is 19.3 Å². The van der Waals surface area contributed by atoms with Gasteiger partial charge in [-0.05, 0) is 6.42 Å². The normalized spacial score (nSPS) is 36.6. The van der Waals surface area contributed by atoms with Gasteiger partial charge in [0.15, 0.2) is 12.6 Å². The van der Waals surface area contributed by atoms with Gasteiger partial charge in [-0.1, -0.05) is 64.7 Å². The summed E-state index contributed by atoms with van der Waals surface area (Å²) in [6.07, 6.45) is 1.43. The lowest BCUT2D eigenvalue weighted by Gasteiger charge is -2.44. The van der Waals surface area contributed by atoms with E-state index in [1.165, 1.54) is 44.9 Å². The van der Waals surface area contributed by atoms with Crippen molar-refractivity contribution in [1.29, 1.82) is 0 Å². The second-order valence-electron chi connectivity index (χ2n) is 9.45. The second kappa shape index (κ2) is 16.4. The van der Waals surface area contributed by atoms with Crippen LogP contribution in [0.3, 0.4) is 0 Å². The third kappa shape index (κ3) is 9.24. The maximum absolute atomic E-state index is 10.5. The lowest BCUT2D eigenvalue weighted by Crippen LogP contribution is -2.61. The summed E-state index contributed by atoms with van der Waals surface area (Å²) in [7, 11) is 0. The van der Waals surface area contributed by atoms with E-state index in [2.05, 4.69) is 6.92 Å². The van der Waals surface area contributed by atoms with E-state index in [-0.39, 0.29) is 6.42 Å². The SMILES string of the molecule is CCCCCCCCCCCCO[C@@H]1OC(CO)[C@@H](O[C@H]2OC(CO)[C@@H](O)C(O)C2O)CC1O. The van der Waals surface area contributed by atoms with Crippen molar-refractivity contribution in [2.24, 2.45) is 0 Å². The summed E-state index contributed by atoms with van der Waals surface area (Å²) < 4.78 is 22.4. The molecule has 0 spiro atoms. The summed E-state index contributed by atoms with van der Waals surface area (Å²) in [4.78, 5) is 0. The molecule has 0 aliphatic carbocycles. The standard InChI is InChI=1S/C24H46O10/c1-2-3-4-5-6-7-8-9-10-11-12-31-23-16(27)13-17(18(14-25)33-23)32-24-22(30)21(29)20(28)19(15-26)34-24/h16-30H,2-15H2,1H3/t16?,17-,18?,19?,20+,21?,22?,23+,24-/m0/s1. The van der Waals surface area contributed by atoms with Crippen LogP contribution in [0.15, 0.2) is 0 Å². The highest BCUT2D eigenvalue weighted by Crippen LogP contribution is 2.29. The number of unbranched alkanes of at least 4 members (excludes halogenated alkanes) is 9. The predicted molar refractivity (Wildman–Crippen MR) is 123 cm³/mol. The van der Waals surface area contributed by atoms with Crippen LogP contribution >= 0.6 is 0 Å². The van der Waals surface area contributed by atoms with E-state index in [9.17, 15) is 30.6 Å². The Hall–Kier alpha value is -0.400. The molecule has 0 aromatic carbocycles. The first kappa shape index (κ1) is 29.8. The molecule has 202 valence electrons. The molecule has 2 rings (SSSR count). The minimum atomic E-state index is -1.57. The van der Waals surface area contributed by atoms with Crippen LogP contribution < -0.4 is 0 Å². The molecule has 0 aromatic heterocycles. The number of ether oxygens (including phenoxy) is 4. The Morgan fingerprint density at radius 2 is 1.24 bits per heavy atom. The summed E-state index contributed by atoms with van der Waals surface area (Å²) in [5, 5.41) is 59.5. The molecule has 2 heterocycles. The van der Waals surface area contributed by atoms with Crippen LogP contribution in [-0.4, -0.2) is 106 Å². The first-order valence-electron chi connectivity index (χ1n) is 12.9. The van der Waals surface area contributed by atoms with E-state index in [4.69, 9.17) is 18.9 Å². The number of hydrogen-bond donors (Lipinski definition) is 6. The fourth-order valence-electron chi connectivity index (χ4n) is 4.45. The van der Waals surface area contributed by atoms with Gasteiger partial charge in [-0.15, -0.1) is 0 Å². The molecular weight excluding hydrogens is 448 g/mol. The maximum atomic E-state index is 10.5. The Morgan fingerprint density at radius 3 is 1.82 bits per heavy atom. The lowest BCUT2D eigenvalue weighted by molar-refractivity contribution is -0.342. The average molecular weight is 495 g/mol. The van der Waals surface area contributed by atoms with Crippen LogP contribution in [0, 0.1) is 0 Å². The van der Waals surface area contributed by atoms with E-state index < -0.39 is 68.5 Å². The number of hydrogen-bond acceptors (Lipinski definition) is 10. The van der Waals surface area contributed by atoms with Crippen molar-refractivity contribution < 1.29 is 49.6 Å². The Kier molecular flexibility index (Phi) is 14.4. The molecule has 0 radical (unpaired) electrons. The van der Waals surface area contributed by atoms with Crippen molar-refractivity contribution in [2.45, 2.75) is 133 Å². The highest BCUT2D eigenvalue weighted by Gasteiger charge is 2.47. The first-order valence-corrected chi connectivity index (χ1v) is 12.9. The van der Waals surface area contributed by atoms with Crippen LogP contribution in [0.4, 0.5) is 0 Å². The lowest BCUT2D eigenvalue weighted by atomic mass is 9.98. The Balaban J connectivity index is 1.68. The van der Waals surface area contributed by atoms with Gasteiger partial charge >= 0.3 is 0 Å². The largest absolute Gasteiger partial charge is 0.394 e. The third-order valence-corrected chi connectivity index (χ3v) is 6.63. The molecule has 2 saturated heterocycles. The topological polar surface area (TPSA) is 158 Å². The summed E-state index contributed by atoms with van der Waals surface area (Å²) in [5.74, 6) is 0. The van der Waals surface area contributed by atoms with Crippen molar-refractivity contribution in [3.8, 4) is 0 Å². The maximum Gasteiger partial charge on any atom is 0.187 e. The summed E-state index contributed by atoms with van der Waals surface area (Å²) in [5.41, 5.74) is 0. The Morgan fingerprint density at radius 1 is 0.676 bits per heavy atom. The number of aliphatic hydroxyl groups is 6. The van der Waals surface area contributed by atoms with E-state index in [1.807, 2.05) is 0 Å². The highest BCUT2D eigenvalue weighted by atomic mass is 16.7. The third-order valence-electron chi connectivity index (χ3n) is 6.63. The van der Waals surface area contributed by atoms with Crippen molar-refractivity contribution in [3.05, 3.63) is 0 Å². The quantitative estimate of drug-likeness (QED) is 0.168. The molecule has 2 aliphatic rings. The van der Waals surface area contributed by atoms with Gasteiger partial charge in [0.25, 0.3) is 0 Å². The molecule has 2 aliphatic heterocycles. The Bertz CT molecular complexity index is 522. The highest BCUT2D eigenvalue weighted by molar-refractivity contribution is 4.91. The van der Waals surface area contributed by atoms with Crippen molar-refractivity contribution in [1.82, 2.24) is 0 Å². The summed E-state index contributed by atoms with van der Waals surface area (Å²) in [6, 6.07) is 0. The number of aliphatic hydroxyl groups excluding tert-OH is 6. The van der Waals surface area contributed by atoms with Gasteiger partial charge in [0.05, 0.1) is 19.3 Å². The molecule has 2 fully saturated rings. The van der Waals surface area contributed by atoms with Gasteiger partial charge in [-0.25, -0.2) is 0 Å². The van der Waals surface area contributed by atoms with Gasteiger partial charge in [-0.2, -0.15) is 0 Å². The average Bonchev–Trinajstić information content (AvgIpc) is 2.83. The van der Waals surface area contributed by atoms with E-state index >= 15 is 0 Å². The molecule has 10 heteroatoms. The van der Waals surface area contributed by atoms with E-state index in [0.29, 0.717) is 6.61 Å². The zero-order valence-corrected chi connectivity index (χ0v) is 20.4. The fourth-order valence-corrected chi connectivity index (χ4v) is 4.45. The van der Waals surface area contributed by atoms with Gasteiger partial charge in [-0.3, -0.25) is 0 Å². The van der Waals surface area contributed by atoms with Crippen LogP contribution in [-0.2, 0) is 18.9 Å². The minimum Gasteiger partial charge on any atom is -0.394 e. The van der Waals surface area contributed by atoms with Gasteiger partial charge in [0, 0.05) is 13.0 Å². The molecule has 0 bridgehead atoms. The fraction of sp³-hybridized carbons (Fsp3) is 1.00. The molecular formula is C24H46O10. The number of rotatable bonds is 16. The Labute approximate surface area is 202 Å². The van der Waals surface area contributed by atoms with Crippen LogP contribution in [0.25, 0.3) is 0 Å². The molecule has 0 saturated carbocycles. The molecule has 0 aromatic rings. The monoisotopic (exact) mass is 494 g/mol. The van der Waals surface area contributed by atoms with Crippen molar-refractivity contribution in [3.63, 3.8) is 0 Å². The minimum absolute atomic E-state index is 0.0585. The summed E-state index contributed by atoms with van der Waals surface area (Å²) >= 11 is 0. The molecule has 5 unspecified atom stereocenters. The second-order valence-corrected chi connectivity index (χ2v) is 9.45. The van der Waals surface area contributed by atoms with Crippen LogP contribution in [0.1, 0.15) is 77.6 Å². The smallest absolute Gasteiger partial charge is 0.187 e. The summed E-state index contributed by atoms with van der Waals surface area (Å²) in [6.45, 7) is 1.67. The zero-order valence-electron chi connectivity index (χ0n) is 20.4. The van der Waals surface area contributed by atoms with Crippen LogP contribution in [0.5, 0.6) is 0 Å². The molecule has 0 amide bonds. The molecule has 6 N–H and O–H groups in total.